The quantitative estimate of drug-likeness (QED) is 0.591. The van der Waals surface area contributed by atoms with Gasteiger partial charge in [-0.3, -0.25) is 14.4 Å². The number of fused-ring (bicyclic) bond motifs is 1. The van der Waals surface area contributed by atoms with Crippen molar-refractivity contribution in [2.45, 2.75) is 4.90 Å². The molecule has 3 aromatic carbocycles. The number of nitrogens with zero attached hydrogens (tertiary/aromatic N) is 1. The molecule has 1 aliphatic rings. The summed E-state index contributed by atoms with van der Waals surface area (Å²) in [5.74, 6) is -0.604. The van der Waals surface area contributed by atoms with Crippen LogP contribution in [0.1, 0.15) is 10.4 Å². The molecule has 31 heavy (non-hydrogen) atoms. The Labute approximate surface area is 188 Å². The maximum atomic E-state index is 12.7. The lowest BCUT2D eigenvalue weighted by atomic mass is 10.1. The van der Waals surface area contributed by atoms with Crippen molar-refractivity contribution in [1.82, 2.24) is 0 Å². The first-order chi connectivity index (χ1) is 15.0. The van der Waals surface area contributed by atoms with E-state index in [-0.39, 0.29) is 30.0 Å². The van der Waals surface area contributed by atoms with Crippen LogP contribution in [0, 0.1) is 0 Å². The van der Waals surface area contributed by atoms with Crippen LogP contribution in [0.2, 0.25) is 5.02 Å². The topological polar surface area (TPSA) is 78.5 Å². The Morgan fingerprint density at radius 3 is 2.45 bits per heavy atom. The van der Waals surface area contributed by atoms with Gasteiger partial charge in [-0.15, -0.1) is 11.8 Å². The first-order valence-corrected chi connectivity index (χ1v) is 10.9. The van der Waals surface area contributed by atoms with Gasteiger partial charge in [0.2, 0.25) is 11.8 Å². The van der Waals surface area contributed by atoms with E-state index >= 15 is 0 Å². The zero-order chi connectivity index (χ0) is 21.8. The van der Waals surface area contributed by atoms with Gasteiger partial charge < -0.3 is 15.5 Å². The summed E-state index contributed by atoms with van der Waals surface area (Å²) in [6.45, 7) is -0.135. The number of rotatable bonds is 5. The molecule has 3 amide bonds. The fraction of sp³-hybridized carbons (Fsp3) is 0.0870. The SMILES string of the molecule is O=C(CN1C(=O)CSc2ccccc21)Nc1ccccc1C(=O)Nc1ccc(Cl)cc1. The predicted molar refractivity (Wildman–Crippen MR) is 124 cm³/mol. The van der Waals surface area contributed by atoms with Gasteiger partial charge in [0, 0.05) is 15.6 Å². The second-order valence-corrected chi connectivity index (χ2v) is 8.24. The van der Waals surface area contributed by atoms with E-state index in [0.717, 1.165) is 4.90 Å². The van der Waals surface area contributed by atoms with Gasteiger partial charge in [0.25, 0.3) is 5.91 Å². The third-order valence-electron chi connectivity index (χ3n) is 4.66. The number of thioether (sulfide) groups is 1. The molecular weight excluding hydrogens is 434 g/mol. The van der Waals surface area contributed by atoms with E-state index < -0.39 is 0 Å². The standard InChI is InChI=1S/C23H18ClN3O3S/c24-15-9-11-16(12-10-15)25-23(30)17-5-1-2-6-18(17)26-21(28)13-27-19-7-3-4-8-20(19)31-14-22(27)29/h1-12H,13-14H2,(H,25,30)(H,26,28). The van der Waals surface area contributed by atoms with Gasteiger partial charge in [-0.1, -0.05) is 35.9 Å². The Hall–Kier alpha value is -3.29. The van der Waals surface area contributed by atoms with Crippen LogP contribution in [0.15, 0.2) is 77.7 Å². The van der Waals surface area contributed by atoms with Crippen LogP contribution in [-0.2, 0) is 9.59 Å². The molecule has 1 heterocycles. The largest absolute Gasteiger partial charge is 0.324 e. The number of amides is 3. The van der Waals surface area contributed by atoms with Crippen LogP contribution in [0.3, 0.4) is 0 Å². The summed E-state index contributed by atoms with van der Waals surface area (Å²) in [5.41, 5.74) is 1.98. The lowest BCUT2D eigenvalue weighted by Gasteiger charge is -2.28. The van der Waals surface area contributed by atoms with E-state index in [4.69, 9.17) is 11.6 Å². The molecule has 8 heteroatoms. The van der Waals surface area contributed by atoms with Crippen LogP contribution in [0.4, 0.5) is 17.1 Å². The van der Waals surface area contributed by atoms with Gasteiger partial charge >= 0.3 is 0 Å². The lowest BCUT2D eigenvalue weighted by Crippen LogP contribution is -2.41. The van der Waals surface area contributed by atoms with Crippen molar-refractivity contribution < 1.29 is 14.4 Å². The Bertz CT molecular complexity index is 1150. The van der Waals surface area contributed by atoms with Crippen molar-refractivity contribution in [3.05, 3.63) is 83.4 Å². The van der Waals surface area contributed by atoms with Crippen molar-refractivity contribution in [2.24, 2.45) is 0 Å². The molecule has 0 spiro atoms. The molecule has 156 valence electrons. The fourth-order valence-corrected chi connectivity index (χ4v) is 4.24. The maximum Gasteiger partial charge on any atom is 0.257 e. The number of carbonyl (C=O) groups excluding carboxylic acids is 3. The fourth-order valence-electron chi connectivity index (χ4n) is 3.18. The van der Waals surface area contributed by atoms with E-state index in [9.17, 15) is 14.4 Å². The maximum absolute atomic E-state index is 12.7. The first kappa shape index (κ1) is 21.0. The molecule has 0 saturated carbocycles. The van der Waals surface area contributed by atoms with Gasteiger partial charge in [0.15, 0.2) is 0 Å². The van der Waals surface area contributed by atoms with Crippen LogP contribution in [0.5, 0.6) is 0 Å². The highest BCUT2D eigenvalue weighted by atomic mass is 35.5. The van der Waals surface area contributed by atoms with Crippen molar-refractivity contribution in [2.75, 3.05) is 27.8 Å². The zero-order valence-corrected chi connectivity index (χ0v) is 17.9. The molecular formula is C23H18ClN3O3S. The second-order valence-electron chi connectivity index (χ2n) is 6.79. The van der Waals surface area contributed by atoms with E-state index in [2.05, 4.69) is 10.6 Å². The van der Waals surface area contributed by atoms with Crippen LogP contribution < -0.4 is 15.5 Å². The molecule has 0 bridgehead atoms. The van der Waals surface area contributed by atoms with Gasteiger partial charge in [0.05, 0.1) is 22.7 Å². The van der Waals surface area contributed by atoms with Crippen LogP contribution in [-0.4, -0.2) is 30.0 Å². The van der Waals surface area contributed by atoms with Crippen molar-refractivity contribution in [1.29, 1.82) is 0 Å². The molecule has 6 nitrogen and oxygen atoms in total. The molecule has 0 unspecified atom stereocenters. The summed E-state index contributed by atoms with van der Waals surface area (Å²) in [7, 11) is 0. The molecule has 3 aromatic rings. The number of nitrogens with one attached hydrogen (secondary N) is 2. The Morgan fingerprint density at radius 2 is 1.65 bits per heavy atom. The van der Waals surface area contributed by atoms with E-state index in [1.54, 1.807) is 48.5 Å². The molecule has 2 N–H and O–H groups in total. The average Bonchev–Trinajstić information content (AvgIpc) is 2.77. The summed E-state index contributed by atoms with van der Waals surface area (Å²) in [5, 5.41) is 6.12. The van der Waals surface area contributed by atoms with Crippen molar-refractivity contribution >= 4 is 58.1 Å². The van der Waals surface area contributed by atoms with Crippen molar-refractivity contribution in [3.8, 4) is 0 Å². The molecule has 0 radical (unpaired) electrons. The number of benzene rings is 3. The van der Waals surface area contributed by atoms with Gasteiger partial charge in [-0.05, 0) is 48.5 Å². The highest BCUT2D eigenvalue weighted by molar-refractivity contribution is 8.00. The van der Waals surface area contributed by atoms with E-state index in [1.807, 2.05) is 24.3 Å². The van der Waals surface area contributed by atoms with Crippen LogP contribution in [0.25, 0.3) is 0 Å². The summed E-state index contributed by atoms with van der Waals surface area (Å²) < 4.78 is 0. The average molecular weight is 452 g/mol. The molecule has 0 atom stereocenters. The number of halogens is 1. The zero-order valence-electron chi connectivity index (χ0n) is 16.3. The normalized spacial score (nSPS) is 12.8. The van der Waals surface area contributed by atoms with E-state index in [0.29, 0.717) is 27.6 Å². The lowest BCUT2D eigenvalue weighted by molar-refractivity contribution is -0.120. The second kappa shape index (κ2) is 9.24. The van der Waals surface area contributed by atoms with Gasteiger partial charge in [-0.2, -0.15) is 0 Å². The smallest absolute Gasteiger partial charge is 0.257 e. The molecule has 4 rings (SSSR count). The minimum absolute atomic E-state index is 0.132. The highest BCUT2D eigenvalue weighted by Gasteiger charge is 2.26. The monoisotopic (exact) mass is 451 g/mol. The number of para-hydroxylation sites is 2. The number of hydrogen-bond acceptors (Lipinski definition) is 4. The number of hydrogen-bond donors (Lipinski definition) is 2. The van der Waals surface area contributed by atoms with Crippen molar-refractivity contribution in [3.63, 3.8) is 0 Å². The third kappa shape index (κ3) is 4.90. The number of anilines is 3. The Balaban J connectivity index is 1.49. The highest BCUT2D eigenvalue weighted by Crippen LogP contribution is 2.34. The Morgan fingerprint density at radius 1 is 0.935 bits per heavy atom. The molecule has 1 aliphatic heterocycles. The Kier molecular flexibility index (Phi) is 6.25. The third-order valence-corrected chi connectivity index (χ3v) is 5.96. The van der Waals surface area contributed by atoms with Gasteiger partial charge in [0.1, 0.15) is 6.54 Å². The predicted octanol–water partition coefficient (Wildman–Crippen LogP) is 4.67. The van der Waals surface area contributed by atoms with Crippen LogP contribution >= 0.6 is 23.4 Å². The summed E-state index contributed by atoms with van der Waals surface area (Å²) in [6, 6.07) is 20.9. The summed E-state index contributed by atoms with van der Waals surface area (Å²) in [4.78, 5) is 40.3. The van der Waals surface area contributed by atoms with Gasteiger partial charge in [-0.25, -0.2) is 0 Å². The first-order valence-electron chi connectivity index (χ1n) is 9.49. The molecule has 0 saturated heterocycles. The van der Waals surface area contributed by atoms with E-state index in [1.165, 1.54) is 16.7 Å². The minimum Gasteiger partial charge on any atom is -0.324 e. The molecule has 0 aromatic heterocycles. The molecule has 0 fully saturated rings. The molecule has 0 aliphatic carbocycles. The minimum atomic E-state index is -0.387. The number of carbonyl (C=O) groups is 3. The summed E-state index contributed by atoms with van der Waals surface area (Å²) >= 11 is 7.34. The summed E-state index contributed by atoms with van der Waals surface area (Å²) in [6.07, 6.45) is 0.